The molecule has 0 aromatic heterocycles. The number of hydrogen-bond donors (Lipinski definition) is 0. The zero-order valence-electron chi connectivity index (χ0n) is 15.0. The molecule has 1 aliphatic heterocycles. The highest BCUT2D eigenvalue weighted by Crippen LogP contribution is 2.21. The van der Waals surface area contributed by atoms with E-state index in [0.717, 1.165) is 43.8 Å². The Morgan fingerprint density at radius 2 is 1.77 bits per heavy atom. The molecular formula is C21H24BrClN2O. The molecule has 3 rings (SSSR count). The number of rotatable bonds is 5. The third kappa shape index (κ3) is 5.18. The van der Waals surface area contributed by atoms with Crippen LogP contribution in [0.5, 0.6) is 0 Å². The second kappa shape index (κ2) is 9.89. The molecule has 1 heterocycles. The summed E-state index contributed by atoms with van der Waals surface area (Å²) in [4.78, 5) is 19.5. The van der Waals surface area contributed by atoms with Crippen LogP contribution >= 0.6 is 28.6 Å². The summed E-state index contributed by atoms with van der Waals surface area (Å²) >= 11 is 5.93. The molecule has 0 fully saturated rings. The van der Waals surface area contributed by atoms with E-state index in [1.165, 1.54) is 5.56 Å². The molecule has 0 aliphatic carbocycles. The van der Waals surface area contributed by atoms with Gasteiger partial charge in [0.1, 0.15) is 5.84 Å². The van der Waals surface area contributed by atoms with E-state index in [9.17, 15) is 4.79 Å². The van der Waals surface area contributed by atoms with Crippen LogP contribution in [0.15, 0.2) is 53.5 Å². The molecule has 3 nitrogen and oxygen atoms in total. The van der Waals surface area contributed by atoms with Gasteiger partial charge in [-0.1, -0.05) is 30.7 Å². The van der Waals surface area contributed by atoms with Crippen LogP contribution in [-0.4, -0.2) is 24.7 Å². The maximum Gasteiger partial charge on any atom is 0.182 e. The van der Waals surface area contributed by atoms with Crippen molar-refractivity contribution in [2.24, 2.45) is 4.99 Å². The highest BCUT2D eigenvalue weighted by atomic mass is 79.9. The number of anilines is 1. The molecule has 0 saturated heterocycles. The van der Waals surface area contributed by atoms with Gasteiger partial charge in [-0.2, -0.15) is 0 Å². The van der Waals surface area contributed by atoms with Crippen LogP contribution in [0.25, 0.3) is 0 Å². The molecule has 0 N–H and O–H groups in total. The van der Waals surface area contributed by atoms with Crippen molar-refractivity contribution in [3.63, 3.8) is 0 Å². The molecule has 0 spiro atoms. The number of hydrogen-bond acceptors (Lipinski definition) is 3. The second-order valence-corrected chi connectivity index (χ2v) is 6.73. The van der Waals surface area contributed by atoms with Gasteiger partial charge in [0, 0.05) is 29.2 Å². The number of halogens is 2. The van der Waals surface area contributed by atoms with Crippen LogP contribution in [0, 0.1) is 0 Å². The van der Waals surface area contributed by atoms with Crippen molar-refractivity contribution in [3.8, 4) is 0 Å². The molecule has 0 saturated carbocycles. The van der Waals surface area contributed by atoms with Crippen LogP contribution in [0.3, 0.4) is 0 Å². The van der Waals surface area contributed by atoms with Gasteiger partial charge in [-0.15, -0.1) is 17.0 Å². The highest BCUT2D eigenvalue weighted by Gasteiger charge is 2.20. The molecule has 0 bridgehead atoms. The van der Waals surface area contributed by atoms with Gasteiger partial charge in [-0.05, 0) is 61.2 Å². The van der Waals surface area contributed by atoms with Crippen LogP contribution in [0.2, 0.25) is 5.02 Å². The fourth-order valence-electron chi connectivity index (χ4n) is 3.02. The van der Waals surface area contributed by atoms with Gasteiger partial charge in [0.15, 0.2) is 5.78 Å². The smallest absolute Gasteiger partial charge is 0.182 e. The standard InChI is InChI=1S/C21H23ClN2O.BrH/c1-2-16-6-12-19(13-7-16)24(21-5-3-4-14-23-21)15-20(25)17-8-10-18(22)11-9-17;/h6-13H,2-5,14-15H2,1H3;1H. The Hall–Kier alpha value is -1.65. The van der Waals surface area contributed by atoms with Crippen molar-refractivity contribution >= 4 is 45.9 Å². The van der Waals surface area contributed by atoms with Crippen molar-refractivity contribution in [1.82, 2.24) is 0 Å². The molecule has 138 valence electrons. The number of aryl methyl sites for hydroxylation is 1. The number of amidine groups is 1. The van der Waals surface area contributed by atoms with E-state index in [4.69, 9.17) is 11.6 Å². The summed E-state index contributed by atoms with van der Waals surface area (Å²) in [6.45, 7) is 3.28. The molecule has 26 heavy (non-hydrogen) atoms. The Labute approximate surface area is 170 Å². The summed E-state index contributed by atoms with van der Waals surface area (Å²) in [5, 5.41) is 0.639. The van der Waals surface area contributed by atoms with Gasteiger partial charge in [-0.3, -0.25) is 9.79 Å². The minimum atomic E-state index is 0. The molecule has 2 aromatic carbocycles. The molecule has 0 atom stereocenters. The zero-order valence-corrected chi connectivity index (χ0v) is 17.4. The largest absolute Gasteiger partial charge is 0.322 e. The average molecular weight is 436 g/mol. The van der Waals surface area contributed by atoms with Crippen LogP contribution in [-0.2, 0) is 6.42 Å². The Morgan fingerprint density at radius 3 is 2.35 bits per heavy atom. The number of carbonyl (C=O) groups is 1. The first-order valence-electron chi connectivity index (χ1n) is 8.86. The number of nitrogens with zero attached hydrogens (tertiary/aromatic N) is 2. The fourth-order valence-corrected chi connectivity index (χ4v) is 3.14. The lowest BCUT2D eigenvalue weighted by Gasteiger charge is -2.28. The third-order valence-corrected chi connectivity index (χ3v) is 4.79. The lowest BCUT2D eigenvalue weighted by molar-refractivity contribution is 0.100. The summed E-state index contributed by atoms with van der Waals surface area (Å²) in [7, 11) is 0. The van der Waals surface area contributed by atoms with Crippen molar-refractivity contribution in [2.45, 2.75) is 32.6 Å². The predicted octanol–water partition coefficient (Wildman–Crippen LogP) is 5.75. The van der Waals surface area contributed by atoms with E-state index in [1.807, 2.05) is 0 Å². The van der Waals surface area contributed by atoms with E-state index in [-0.39, 0.29) is 22.8 Å². The summed E-state index contributed by atoms with van der Waals surface area (Å²) < 4.78 is 0. The summed E-state index contributed by atoms with van der Waals surface area (Å²) in [6.07, 6.45) is 4.17. The molecule has 0 amide bonds. The van der Waals surface area contributed by atoms with Crippen LogP contribution < -0.4 is 4.90 Å². The minimum Gasteiger partial charge on any atom is -0.322 e. The van der Waals surface area contributed by atoms with Gasteiger partial charge in [0.25, 0.3) is 0 Å². The van der Waals surface area contributed by atoms with Crippen molar-refractivity contribution < 1.29 is 4.79 Å². The topological polar surface area (TPSA) is 32.7 Å². The third-order valence-electron chi connectivity index (χ3n) is 4.54. The first-order valence-corrected chi connectivity index (χ1v) is 9.23. The van der Waals surface area contributed by atoms with Gasteiger partial charge in [0.2, 0.25) is 0 Å². The highest BCUT2D eigenvalue weighted by molar-refractivity contribution is 8.93. The molecule has 5 heteroatoms. The van der Waals surface area contributed by atoms with Crippen molar-refractivity contribution in [2.75, 3.05) is 18.0 Å². The SMILES string of the molecule is Br.CCc1ccc(N(CC(=O)c2ccc(Cl)cc2)C2=NCCCC2)cc1. The van der Waals surface area contributed by atoms with E-state index in [2.05, 4.69) is 41.1 Å². The van der Waals surface area contributed by atoms with Crippen molar-refractivity contribution in [3.05, 3.63) is 64.7 Å². The maximum absolute atomic E-state index is 12.8. The van der Waals surface area contributed by atoms with E-state index in [1.54, 1.807) is 24.3 Å². The van der Waals surface area contributed by atoms with Gasteiger partial charge < -0.3 is 4.90 Å². The zero-order chi connectivity index (χ0) is 17.6. The average Bonchev–Trinajstić information content (AvgIpc) is 2.67. The quantitative estimate of drug-likeness (QED) is 0.560. The van der Waals surface area contributed by atoms with Crippen LogP contribution in [0.1, 0.15) is 42.1 Å². The van der Waals surface area contributed by atoms with Gasteiger partial charge in [0.05, 0.1) is 6.54 Å². The molecule has 0 unspecified atom stereocenters. The Balaban J connectivity index is 0.00000243. The fraction of sp³-hybridized carbons (Fsp3) is 0.333. The number of carbonyl (C=O) groups excluding carboxylic acids is 1. The Morgan fingerprint density at radius 1 is 1.08 bits per heavy atom. The normalized spacial score (nSPS) is 13.5. The van der Waals surface area contributed by atoms with E-state index < -0.39 is 0 Å². The first-order chi connectivity index (χ1) is 12.2. The summed E-state index contributed by atoms with van der Waals surface area (Å²) in [6, 6.07) is 15.5. The number of Topliss-reactive ketones (excluding diaryl/α,β-unsaturated/α-hetero) is 1. The summed E-state index contributed by atoms with van der Waals surface area (Å²) in [5.74, 6) is 1.09. The van der Waals surface area contributed by atoms with Gasteiger partial charge >= 0.3 is 0 Å². The molecule has 1 aliphatic rings. The Bertz CT molecular complexity index is 757. The first kappa shape index (κ1) is 20.7. The molecule has 0 radical (unpaired) electrons. The number of benzene rings is 2. The summed E-state index contributed by atoms with van der Waals surface area (Å²) in [5.41, 5.74) is 2.99. The monoisotopic (exact) mass is 434 g/mol. The minimum absolute atomic E-state index is 0. The van der Waals surface area contributed by atoms with Crippen LogP contribution in [0.4, 0.5) is 5.69 Å². The number of ketones is 1. The predicted molar refractivity (Wildman–Crippen MR) is 115 cm³/mol. The van der Waals surface area contributed by atoms with E-state index in [0.29, 0.717) is 17.1 Å². The lowest BCUT2D eigenvalue weighted by Crippen LogP contribution is -2.37. The maximum atomic E-state index is 12.8. The molecule has 2 aromatic rings. The van der Waals surface area contributed by atoms with Gasteiger partial charge in [-0.25, -0.2) is 0 Å². The Kier molecular flexibility index (Phi) is 7.85. The lowest BCUT2D eigenvalue weighted by atomic mass is 10.1. The van der Waals surface area contributed by atoms with Crippen molar-refractivity contribution in [1.29, 1.82) is 0 Å². The van der Waals surface area contributed by atoms with E-state index >= 15 is 0 Å². The molecular weight excluding hydrogens is 412 g/mol. The second-order valence-electron chi connectivity index (χ2n) is 6.29. The number of aliphatic imine (C=N–C) groups is 1.